The normalized spacial score (nSPS) is 13.0. The first-order valence-corrected chi connectivity index (χ1v) is 4.34. The van der Waals surface area contributed by atoms with Gasteiger partial charge in [-0.15, -0.1) is 0 Å². The molecule has 4 heteroatoms. The highest BCUT2D eigenvalue weighted by molar-refractivity contribution is 7.99. The van der Waals surface area contributed by atoms with Crippen LogP contribution in [-0.2, 0) is 4.79 Å². The first-order valence-electron chi connectivity index (χ1n) is 3.19. The third-order valence-corrected chi connectivity index (χ3v) is 2.31. The smallest absolute Gasteiger partial charge is 0.307 e. The van der Waals surface area contributed by atoms with Crippen molar-refractivity contribution >= 4 is 17.7 Å². The predicted octanol–water partition coefficient (Wildman–Crippen LogP) is 0.399. The summed E-state index contributed by atoms with van der Waals surface area (Å²) < 4.78 is 0. The van der Waals surface area contributed by atoms with Gasteiger partial charge in [0.2, 0.25) is 0 Å². The minimum Gasteiger partial charge on any atom is -0.481 e. The second kappa shape index (κ2) is 5.56. The Morgan fingerprint density at radius 2 is 2.40 bits per heavy atom. The Bertz CT molecular complexity index is 108. The summed E-state index contributed by atoms with van der Waals surface area (Å²) >= 11 is 1.58. The second-order valence-corrected chi connectivity index (χ2v) is 3.25. The molecule has 0 aromatic rings. The van der Waals surface area contributed by atoms with Gasteiger partial charge in [0.25, 0.3) is 0 Å². The Morgan fingerprint density at radius 3 is 2.80 bits per heavy atom. The van der Waals surface area contributed by atoms with Gasteiger partial charge in [0, 0.05) is 18.1 Å². The Hall–Kier alpha value is -0.220. The summed E-state index contributed by atoms with van der Waals surface area (Å²) in [4.78, 5) is 10.2. The zero-order valence-corrected chi connectivity index (χ0v) is 6.86. The lowest BCUT2D eigenvalue weighted by molar-refractivity contribution is -0.140. The molecule has 0 aliphatic carbocycles. The van der Waals surface area contributed by atoms with E-state index in [-0.39, 0.29) is 5.92 Å². The van der Waals surface area contributed by atoms with E-state index in [2.05, 4.69) is 0 Å². The summed E-state index contributed by atoms with van der Waals surface area (Å²) in [7, 11) is 0. The Balaban J connectivity index is 3.21. The van der Waals surface area contributed by atoms with Crippen LogP contribution in [-0.4, -0.2) is 29.1 Å². The van der Waals surface area contributed by atoms with Gasteiger partial charge >= 0.3 is 5.97 Å². The van der Waals surface area contributed by atoms with Crippen LogP contribution in [0.3, 0.4) is 0 Å². The van der Waals surface area contributed by atoms with Crippen molar-refractivity contribution in [3.63, 3.8) is 0 Å². The van der Waals surface area contributed by atoms with Crippen LogP contribution in [0.2, 0.25) is 0 Å². The maximum atomic E-state index is 10.2. The first kappa shape index (κ1) is 9.78. The van der Waals surface area contributed by atoms with Crippen LogP contribution in [0.4, 0.5) is 0 Å². The molecule has 0 aromatic carbocycles. The zero-order chi connectivity index (χ0) is 7.98. The molecule has 0 radical (unpaired) electrons. The number of aliphatic carboxylic acids is 1. The minimum absolute atomic E-state index is 0.253. The summed E-state index contributed by atoms with van der Waals surface area (Å²) in [5.41, 5.74) is 5.22. The topological polar surface area (TPSA) is 63.3 Å². The van der Waals surface area contributed by atoms with E-state index in [9.17, 15) is 4.79 Å². The molecular formula is C6H13NO2S. The second-order valence-electron chi connectivity index (χ2n) is 2.10. The number of carboxylic acid groups (broad SMARTS) is 1. The lowest BCUT2D eigenvalue weighted by Crippen LogP contribution is -2.13. The van der Waals surface area contributed by atoms with Crippen molar-refractivity contribution in [2.24, 2.45) is 11.7 Å². The minimum atomic E-state index is -0.732. The molecule has 3 nitrogen and oxygen atoms in total. The highest BCUT2D eigenvalue weighted by atomic mass is 32.2. The van der Waals surface area contributed by atoms with Gasteiger partial charge in [-0.25, -0.2) is 0 Å². The largest absolute Gasteiger partial charge is 0.481 e. The van der Waals surface area contributed by atoms with Crippen molar-refractivity contribution in [2.45, 2.75) is 6.92 Å². The molecule has 60 valence electrons. The SMILES string of the molecule is C[C@@H](CSCCN)C(=O)O. The molecule has 10 heavy (non-hydrogen) atoms. The molecule has 0 unspecified atom stereocenters. The fraction of sp³-hybridized carbons (Fsp3) is 0.833. The highest BCUT2D eigenvalue weighted by Crippen LogP contribution is 2.06. The standard InChI is InChI=1S/C6H13NO2S/c1-5(6(8)9)4-10-3-2-7/h5H,2-4,7H2,1H3,(H,8,9)/t5-/m0/s1. The maximum absolute atomic E-state index is 10.2. The molecule has 0 saturated heterocycles. The average Bonchev–Trinajstić information content (AvgIpc) is 1.88. The van der Waals surface area contributed by atoms with Crippen molar-refractivity contribution in [1.29, 1.82) is 0 Å². The molecule has 0 rings (SSSR count). The number of thioether (sulfide) groups is 1. The number of nitrogens with two attached hydrogens (primary N) is 1. The Kier molecular flexibility index (Phi) is 5.43. The molecule has 0 heterocycles. The predicted molar refractivity (Wildman–Crippen MR) is 43.2 cm³/mol. The van der Waals surface area contributed by atoms with Crippen LogP contribution in [0.1, 0.15) is 6.92 Å². The molecule has 0 spiro atoms. The summed E-state index contributed by atoms with van der Waals surface area (Å²) in [6.07, 6.45) is 0. The number of carboxylic acids is 1. The molecule has 0 amide bonds. The van der Waals surface area contributed by atoms with E-state index in [1.165, 1.54) is 0 Å². The van der Waals surface area contributed by atoms with Gasteiger partial charge in [-0.2, -0.15) is 11.8 Å². The van der Waals surface area contributed by atoms with Gasteiger partial charge < -0.3 is 10.8 Å². The lowest BCUT2D eigenvalue weighted by atomic mass is 10.2. The van der Waals surface area contributed by atoms with Crippen LogP contribution >= 0.6 is 11.8 Å². The van der Waals surface area contributed by atoms with Crippen molar-refractivity contribution in [2.75, 3.05) is 18.1 Å². The quantitative estimate of drug-likeness (QED) is 0.576. The zero-order valence-electron chi connectivity index (χ0n) is 6.04. The molecule has 1 atom stereocenters. The molecule has 0 aromatic heterocycles. The van der Waals surface area contributed by atoms with Crippen LogP contribution in [0.25, 0.3) is 0 Å². The monoisotopic (exact) mass is 163 g/mol. The number of hydrogen-bond acceptors (Lipinski definition) is 3. The Morgan fingerprint density at radius 1 is 1.80 bits per heavy atom. The molecular weight excluding hydrogens is 150 g/mol. The number of rotatable bonds is 5. The fourth-order valence-electron chi connectivity index (χ4n) is 0.415. The summed E-state index contributed by atoms with van der Waals surface area (Å²) in [6.45, 7) is 2.32. The summed E-state index contributed by atoms with van der Waals surface area (Å²) in [6, 6.07) is 0. The molecule has 3 N–H and O–H groups in total. The van der Waals surface area contributed by atoms with Crippen LogP contribution in [0.5, 0.6) is 0 Å². The van der Waals surface area contributed by atoms with Crippen LogP contribution < -0.4 is 5.73 Å². The van der Waals surface area contributed by atoms with Gasteiger partial charge in [-0.1, -0.05) is 6.92 Å². The van der Waals surface area contributed by atoms with Crippen molar-refractivity contribution in [3.8, 4) is 0 Å². The third kappa shape index (κ3) is 4.64. The lowest BCUT2D eigenvalue weighted by Gasteiger charge is -2.03. The van der Waals surface area contributed by atoms with E-state index >= 15 is 0 Å². The van der Waals surface area contributed by atoms with Crippen molar-refractivity contribution < 1.29 is 9.90 Å². The number of hydrogen-bond donors (Lipinski definition) is 2. The highest BCUT2D eigenvalue weighted by Gasteiger charge is 2.09. The van der Waals surface area contributed by atoms with E-state index in [0.717, 1.165) is 5.75 Å². The van der Waals surface area contributed by atoms with Gasteiger partial charge in [-0.05, 0) is 0 Å². The molecule has 0 aliphatic rings. The molecule has 0 saturated carbocycles. The third-order valence-electron chi connectivity index (χ3n) is 1.05. The van der Waals surface area contributed by atoms with E-state index in [4.69, 9.17) is 10.8 Å². The van der Waals surface area contributed by atoms with Gasteiger partial charge in [0.05, 0.1) is 5.92 Å². The van der Waals surface area contributed by atoms with Gasteiger partial charge in [0.15, 0.2) is 0 Å². The summed E-state index contributed by atoms with van der Waals surface area (Å²) in [5.74, 6) is 0.519. The van der Waals surface area contributed by atoms with Crippen molar-refractivity contribution in [1.82, 2.24) is 0 Å². The summed E-state index contributed by atoms with van der Waals surface area (Å²) in [5, 5.41) is 8.44. The first-order chi connectivity index (χ1) is 4.68. The molecule has 0 fully saturated rings. The van der Waals surface area contributed by atoms with E-state index in [0.29, 0.717) is 12.3 Å². The number of carbonyl (C=O) groups is 1. The fourth-order valence-corrected chi connectivity index (χ4v) is 1.24. The van der Waals surface area contributed by atoms with Crippen LogP contribution in [0.15, 0.2) is 0 Å². The van der Waals surface area contributed by atoms with Crippen LogP contribution in [0, 0.1) is 5.92 Å². The molecule has 0 aliphatic heterocycles. The molecule has 0 bridgehead atoms. The maximum Gasteiger partial charge on any atom is 0.307 e. The van der Waals surface area contributed by atoms with E-state index in [1.54, 1.807) is 18.7 Å². The Labute approximate surface area is 65.0 Å². The van der Waals surface area contributed by atoms with E-state index < -0.39 is 5.97 Å². The van der Waals surface area contributed by atoms with Crippen molar-refractivity contribution in [3.05, 3.63) is 0 Å². The van der Waals surface area contributed by atoms with Gasteiger partial charge in [-0.3, -0.25) is 4.79 Å². The van der Waals surface area contributed by atoms with Gasteiger partial charge in [0.1, 0.15) is 0 Å². The van der Waals surface area contributed by atoms with E-state index in [1.807, 2.05) is 0 Å². The average molecular weight is 163 g/mol.